The van der Waals surface area contributed by atoms with E-state index < -0.39 is 11.5 Å². The molecule has 0 heterocycles. The minimum Gasteiger partial charge on any atom is -0.481 e. The van der Waals surface area contributed by atoms with Crippen molar-refractivity contribution in [2.24, 2.45) is 5.73 Å². The van der Waals surface area contributed by atoms with Crippen molar-refractivity contribution < 1.29 is 20.1 Å². The number of aliphatic carboxylic acids is 1. The summed E-state index contributed by atoms with van der Waals surface area (Å²) in [6, 6.07) is 8.40. The third-order valence-corrected chi connectivity index (χ3v) is 4.42. The van der Waals surface area contributed by atoms with E-state index in [0.29, 0.717) is 6.42 Å². The van der Waals surface area contributed by atoms with Crippen LogP contribution < -0.4 is 5.73 Å². The van der Waals surface area contributed by atoms with Crippen LogP contribution in [0.3, 0.4) is 0 Å². The van der Waals surface area contributed by atoms with E-state index in [2.05, 4.69) is 24.3 Å². The number of aryl methyl sites for hydroxylation is 2. The van der Waals surface area contributed by atoms with Gasteiger partial charge in [-0.3, -0.25) is 4.79 Å². The number of nitrogens with two attached hydrogens (primary N) is 1. The van der Waals surface area contributed by atoms with E-state index in [1.807, 2.05) is 0 Å². The summed E-state index contributed by atoms with van der Waals surface area (Å²) in [6.45, 7) is -0.428. The lowest BCUT2D eigenvalue weighted by molar-refractivity contribution is -0.137. The molecule has 1 rings (SSSR count). The van der Waals surface area contributed by atoms with Gasteiger partial charge in [0.1, 0.15) is 0 Å². The highest BCUT2D eigenvalue weighted by Gasteiger charge is 2.22. The first kappa shape index (κ1) is 23.9. The monoisotopic (exact) mass is 373 g/mol. The number of halogens is 1. The smallest absolute Gasteiger partial charge is 0.303 e. The van der Waals surface area contributed by atoms with Gasteiger partial charge in [0.15, 0.2) is 0 Å². The van der Waals surface area contributed by atoms with E-state index >= 15 is 0 Å². The van der Waals surface area contributed by atoms with Crippen LogP contribution in [-0.2, 0) is 17.6 Å². The molecule has 0 atom stereocenters. The molecule has 0 bridgehead atoms. The van der Waals surface area contributed by atoms with Gasteiger partial charge < -0.3 is 21.1 Å². The fourth-order valence-corrected chi connectivity index (χ4v) is 2.61. The molecular formula is C19H32ClNO4. The summed E-state index contributed by atoms with van der Waals surface area (Å²) in [5, 5.41) is 27.0. The van der Waals surface area contributed by atoms with Gasteiger partial charge in [-0.15, -0.1) is 12.4 Å². The highest BCUT2D eigenvalue weighted by atomic mass is 35.5. The number of aliphatic hydroxyl groups is 2. The summed E-state index contributed by atoms with van der Waals surface area (Å²) in [7, 11) is 0. The predicted octanol–water partition coefficient (Wildman–Crippen LogP) is 2.69. The molecule has 0 aliphatic heterocycles. The Kier molecular flexibility index (Phi) is 12.5. The van der Waals surface area contributed by atoms with Crippen LogP contribution in [0.2, 0.25) is 0 Å². The maximum Gasteiger partial charge on any atom is 0.303 e. The number of unbranched alkanes of at least 4 members (excludes halogenated alkanes) is 4. The SMILES string of the molecule is Cl.NC(CO)(CO)CCc1ccc(CCCCCCCC(=O)O)cc1. The van der Waals surface area contributed by atoms with Crippen LogP contribution in [0.25, 0.3) is 0 Å². The van der Waals surface area contributed by atoms with Gasteiger partial charge in [-0.25, -0.2) is 0 Å². The highest BCUT2D eigenvalue weighted by molar-refractivity contribution is 5.85. The lowest BCUT2D eigenvalue weighted by atomic mass is 9.93. The Hall–Kier alpha value is -1.14. The second kappa shape index (κ2) is 13.1. The van der Waals surface area contributed by atoms with Gasteiger partial charge in [0.2, 0.25) is 0 Å². The highest BCUT2D eigenvalue weighted by Crippen LogP contribution is 2.14. The first-order valence-electron chi connectivity index (χ1n) is 8.79. The average Bonchev–Trinajstić information content (AvgIpc) is 2.59. The van der Waals surface area contributed by atoms with Crippen LogP contribution in [0.4, 0.5) is 0 Å². The van der Waals surface area contributed by atoms with Gasteiger partial charge in [-0.2, -0.15) is 0 Å². The molecule has 144 valence electrons. The Balaban J connectivity index is 0.00000576. The molecule has 0 saturated heterocycles. The zero-order valence-electron chi connectivity index (χ0n) is 14.8. The summed E-state index contributed by atoms with van der Waals surface area (Å²) in [4.78, 5) is 10.4. The molecule has 0 aliphatic carbocycles. The molecule has 0 aromatic heterocycles. The molecule has 25 heavy (non-hydrogen) atoms. The quantitative estimate of drug-likeness (QED) is 0.398. The molecule has 0 aliphatic rings. The lowest BCUT2D eigenvalue weighted by Crippen LogP contribution is -2.47. The summed E-state index contributed by atoms with van der Waals surface area (Å²) in [5.41, 5.74) is 7.43. The number of hydrogen-bond acceptors (Lipinski definition) is 4. The van der Waals surface area contributed by atoms with Crippen molar-refractivity contribution in [3.63, 3.8) is 0 Å². The molecule has 0 unspecified atom stereocenters. The molecule has 5 nitrogen and oxygen atoms in total. The molecule has 0 spiro atoms. The number of rotatable bonds is 13. The molecular weight excluding hydrogens is 342 g/mol. The van der Waals surface area contributed by atoms with Gasteiger partial charge >= 0.3 is 5.97 Å². The van der Waals surface area contributed by atoms with Crippen LogP contribution in [0.15, 0.2) is 24.3 Å². The number of hydrogen-bond donors (Lipinski definition) is 4. The van der Waals surface area contributed by atoms with Gasteiger partial charge in [-0.05, 0) is 43.2 Å². The van der Waals surface area contributed by atoms with Crippen LogP contribution in [0.5, 0.6) is 0 Å². The van der Waals surface area contributed by atoms with Crippen LogP contribution in [-0.4, -0.2) is 40.0 Å². The molecule has 0 saturated carbocycles. The van der Waals surface area contributed by atoms with Gasteiger partial charge in [0.05, 0.1) is 18.8 Å². The molecule has 0 fully saturated rings. The van der Waals surface area contributed by atoms with Crippen molar-refractivity contribution in [1.82, 2.24) is 0 Å². The Bertz CT molecular complexity index is 475. The second-order valence-corrected chi connectivity index (χ2v) is 6.66. The first-order chi connectivity index (χ1) is 11.5. The molecule has 6 heteroatoms. The zero-order chi connectivity index (χ0) is 17.8. The summed E-state index contributed by atoms with van der Waals surface area (Å²) in [5.74, 6) is -0.708. The first-order valence-corrected chi connectivity index (χ1v) is 8.79. The fraction of sp³-hybridized carbons (Fsp3) is 0.632. The van der Waals surface area contributed by atoms with E-state index in [0.717, 1.165) is 50.5 Å². The largest absolute Gasteiger partial charge is 0.481 e. The van der Waals surface area contributed by atoms with Gasteiger partial charge in [0, 0.05) is 6.42 Å². The second-order valence-electron chi connectivity index (χ2n) is 6.66. The number of benzene rings is 1. The van der Waals surface area contributed by atoms with E-state index in [9.17, 15) is 15.0 Å². The minimum absolute atomic E-state index is 0. The number of carboxylic acids is 1. The summed E-state index contributed by atoms with van der Waals surface area (Å²) in [6.07, 6.45) is 7.70. The number of carbonyl (C=O) groups is 1. The van der Waals surface area contributed by atoms with Crippen molar-refractivity contribution >= 4 is 18.4 Å². The summed E-state index contributed by atoms with van der Waals surface area (Å²) >= 11 is 0. The molecule has 5 N–H and O–H groups in total. The van der Waals surface area contributed by atoms with Crippen molar-refractivity contribution in [2.75, 3.05) is 13.2 Å². The number of aliphatic hydroxyl groups excluding tert-OH is 2. The third-order valence-electron chi connectivity index (χ3n) is 4.42. The maximum absolute atomic E-state index is 10.4. The maximum atomic E-state index is 10.4. The van der Waals surface area contributed by atoms with E-state index in [-0.39, 0.29) is 32.0 Å². The van der Waals surface area contributed by atoms with Crippen molar-refractivity contribution in [2.45, 2.75) is 63.3 Å². The Morgan fingerprint density at radius 2 is 1.36 bits per heavy atom. The molecule has 0 radical (unpaired) electrons. The minimum atomic E-state index is -0.903. The van der Waals surface area contributed by atoms with Crippen molar-refractivity contribution in [3.05, 3.63) is 35.4 Å². The van der Waals surface area contributed by atoms with Crippen LogP contribution in [0, 0.1) is 0 Å². The van der Waals surface area contributed by atoms with Gasteiger partial charge in [-0.1, -0.05) is 43.5 Å². The van der Waals surface area contributed by atoms with E-state index in [1.165, 1.54) is 5.56 Å². The molecule has 0 amide bonds. The molecule has 1 aromatic carbocycles. The lowest BCUT2D eigenvalue weighted by Gasteiger charge is -2.24. The number of carboxylic acid groups (broad SMARTS) is 1. The van der Waals surface area contributed by atoms with E-state index in [4.69, 9.17) is 10.8 Å². The van der Waals surface area contributed by atoms with Crippen LogP contribution >= 0.6 is 12.4 Å². The Morgan fingerprint density at radius 3 is 1.88 bits per heavy atom. The van der Waals surface area contributed by atoms with Crippen molar-refractivity contribution in [3.8, 4) is 0 Å². The van der Waals surface area contributed by atoms with Gasteiger partial charge in [0.25, 0.3) is 0 Å². The summed E-state index contributed by atoms with van der Waals surface area (Å²) < 4.78 is 0. The normalized spacial score (nSPS) is 11.2. The standard InChI is InChI=1S/C19H31NO4.ClH/c20-19(14-21,15-22)13-12-17-10-8-16(9-11-17)6-4-2-1-3-5-7-18(23)24;/h8-11,21-22H,1-7,12-15,20H2,(H,23,24);1H. The Labute approximate surface area is 156 Å². The average molecular weight is 374 g/mol. The van der Waals surface area contributed by atoms with Crippen LogP contribution in [0.1, 0.15) is 56.1 Å². The van der Waals surface area contributed by atoms with E-state index in [1.54, 1.807) is 0 Å². The van der Waals surface area contributed by atoms with Crippen molar-refractivity contribution in [1.29, 1.82) is 0 Å². The Morgan fingerprint density at radius 1 is 0.880 bits per heavy atom. The fourth-order valence-electron chi connectivity index (χ4n) is 2.61. The molecule has 1 aromatic rings. The predicted molar refractivity (Wildman–Crippen MR) is 102 cm³/mol. The zero-order valence-corrected chi connectivity index (χ0v) is 15.6. The topological polar surface area (TPSA) is 104 Å². The third kappa shape index (κ3) is 10.4.